The van der Waals surface area contributed by atoms with Crippen molar-refractivity contribution in [1.29, 1.82) is 0 Å². The number of allylic oxidation sites excluding steroid dienone is 4. The normalized spacial score (nSPS) is 37.4. The molecule has 0 N–H and O–H groups in total. The first-order valence-electron chi connectivity index (χ1n) is 10.2. The molecule has 0 amide bonds. The Bertz CT molecular complexity index is 396. The summed E-state index contributed by atoms with van der Waals surface area (Å²) in [4.78, 5) is 0. The summed E-state index contributed by atoms with van der Waals surface area (Å²) >= 11 is 0. The van der Waals surface area contributed by atoms with Crippen LogP contribution in [0.15, 0.2) is 23.8 Å². The molecule has 0 aliphatic heterocycles. The zero-order valence-electron chi connectivity index (χ0n) is 14.9. The van der Waals surface area contributed by atoms with E-state index >= 15 is 0 Å². The summed E-state index contributed by atoms with van der Waals surface area (Å²) in [7, 11) is 0. The Hall–Kier alpha value is -0.520. The highest BCUT2D eigenvalue weighted by molar-refractivity contribution is 5.18. The SMILES string of the molecule is CCCCC1CC2=CCC1C2.CCCCC1CC2C=CC1C2. The van der Waals surface area contributed by atoms with E-state index in [1.165, 1.54) is 70.6 Å². The van der Waals surface area contributed by atoms with E-state index in [0.717, 1.165) is 29.6 Å². The summed E-state index contributed by atoms with van der Waals surface area (Å²) in [6.45, 7) is 4.59. The van der Waals surface area contributed by atoms with Crippen LogP contribution in [0, 0.1) is 29.6 Å². The lowest BCUT2D eigenvalue weighted by molar-refractivity contribution is 0.356. The Balaban J connectivity index is 0.000000131. The Morgan fingerprint density at radius 3 is 2.18 bits per heavy atom. The van der Waals surface area contributed by atoms with Gasteiger partial charge >= 0.3 is 0 Å². The Morgan fingerprint density at radius 2 is 1.68 bits per heavy atom. The quantitative estimate of drug-likeness (QED) is 0.467. The molecule has 0 radical (unpaired) electrons. The van der Waals surface area contributed by atoms with Crippen molar-refractivity contribution in [3.63, 3.8) is 0 Å². The van der Waals surface area contributed by atoms with E-state index in [1.54, 1.807) is 5.57 Å². The first-order valence-corrected chi connectivity index (χ1v) is 10.2. The van der Waals surface area contributed by atoms with E-state index in [9.17, 15) is 0 Å². The van der Waals surface area contributed by atoms with E-state index in [1.807, 2.05) is 0 Å². The van der Waals surface area contributed by atoms with Gasteiger partial charge in [-0.1, -0.05) is 63.3 Å². The summed E-state index contributed by atoms with van der Waals surface area (Å²) in [6, 6.07) is 0. The minimum absolute atomic E-state index is 0.974. The molecule has 0 nitrogen and oxygen atoms in total. The minimum atomic E-state index is 0.974. The molecule has 124 valence electrons. The topological polar surface area (TPSA) is 0 Å². The van der Waals surface area contributed by atoms with Gasteiger partial charge in [-0.05, 0) is 74.5 Å². The molecule has 2 saturated carbocycles. The van der Waals surface area contributed by atoms with Crippen molar-refractivity contribution in [3.05, 3.63) is 23.8 Å². The number of hydrogen-bond donors (Lipinski definition) is 0. The zero-order valence-corrected chi connectivity index (χ0v) is 14.9. The Kier molecular flexibility index (Phi) is 5.83. The smallest absolute Gasteiger partial charge is 0.0199 e. The van der Waals surface area contributed by atoms with Gasteiger partial charge in [-0.25, -0.2) is 0 Å². The van der Waals surface area contributed by atoms with Crippen LogP contribution in [0.5, 0.6) is 0 Å². The zero-order chi connectivity index (χ0) is 15.4. The highest BCUT2D eigenvalue weighted by atomic mass is 14.4. The molecule has 4 aliphatic carbocycles. The van der Waals surface area contributed by atoms with Crippen LogP contribution in [0.4, 0.5) is 0 Å². The molecule has 0 aromatic heterocycles. The monoisotopic (exact) mass is 300 g/mol. The van der Waals surface area contributed by atoms with Gasteiger partial charge < -0.3 is 0 Å². The second-order valence-electron chi connectivity index (χ2n) is 8.35. The number of hydrogen-bond acceptors (Lipinski definition) is 0. The summed E-state index contributed by atoms with van der Waals surface area (Å²) < 4.78 is 0. The van der Waals surface area contributed by atoms with Crippen LogP contribution >= 0.6 is 0 Å². The third kappa shape index (κ3) is 3.87. The molecule has 0 spiro atoms. The molecule has 0 aromatic carbocycles. The van der Waals surface area contributed by atoms with Gasteiger partial charge in [0.05, 0.1) is 0 Å². The molecular weight excluding hydrogens is 264 g/mol. The van der Waals surface area contributed by atoms with Crippen LogP contribution in [0.2, 0.25) is 0 Å². The highest BCUT2D eigenvalue weighted by Crippen LogP contribution is 2.46. The molecule has 0 heteroatoms. The largest absolute Gasteiger partial charge is 0.0851 e. The molecular formula is C22H36. The lowest BCUT2D eigenvalue weighted by Gasteiger charge is -2.17. The average molecular weight is 301 g/mol. The fraction of sp³-hybridized carbons (Fsp3) is 0.818. The maximum absolute atomic E-state index is 2.48. The third-order valence-electron chi connectivity index (χ3n) is 6.70. The molecule has 22 heavy (non-hydrogen) atoms. The van der Waals surface area contributed by atoms with Gasteiger partial charge in [0.2, 0.25) is 0 Å². The van der Waals surface area contributed by atoms with Crippen molar-refractivity contribution in [2.45, 2.75) is 84.5 Å². The van der Waals surface area contributed by atoms with Crippen LogP contribution in [0.3, 0.4) is 0 Å². The molecule has 5 unspecified atom stereocenters. The third-order valence-corrected chi connectivity index (χ3v) is 6.70. The molecule has 4 bridgehead atoms. The summed E-state index contributed by atoms with van der Waals surface area (Å²) in [5.41, 5.74) is 1.77. The highest BCUT2D eigenvalue weighted by Gasteiger charge is 2.34. The molecule has 4 rings (SSSR count). The van der Waals surface area contributed by atoms with Gasteiger partial charge in [-0.2, -0.15) is 0 Å². The number of unbranched alkanes of at least 4 members (excludes halogenated alkanes) is 2. The molecule has 0 saturated heterocycles. The first-order chi connectivity index (χ1) is 10.8. The van der Waals surface area contributed by atoms with Crippen LogP contribution in [0.25, 0.3) is 0 Å². The lowest BCUT2D eigenvalue weighted by Crippen LogP contribution is -2.07. The first kappa shape index (κ1) is 16.3. The molecule has 5 atom stereocenters. The maximum Gasteiger partial charge on any atom is -0.0199 e. The second-order valence-corrected chi connectivity index (χ2v) is 8.35. The number of fused-ring (bicyclic) bond motifs is 4. The van der Waals surface area contributed by atoms with Crippen molar-refractivity contribution in [1.82, 2.24) is 0 Å². The van der Waals surface area contributed by atoms with E-state index < -0.39 is 0 Å². The molecule has 2 fully saturated rings. The minimum Gasteiger partial charge on any atom is -0.0851 e. The van der Waals surface area contributed by atoms with Crippen LogP contribution in [-0.2, 0) is 0 Å². The van der Waals surface area contributed by atoms with Gasteiger partial charge in [0.15, 0.2) is 0 Å². The van der Waals surface area contributed by atoms with Crippen molar-refractivity contribution in [3.8, 4) is 0 Å². The molecule has 4 aliphatic rings. The molecule has 0 aromatic rings. The van der Waals surface area contributed by atoms with Gasteiger partial charge in [-0.3, -0.25) is 0 Å². The summed E-state index contributed by atoms with van der Waals surface area (Å²) in [6.07, 6.45) is 23.3. The van der Waals surface area contributed by atoms with Gasteiger partial charge in [0, 0.05) is 0 Å². The van der Waals surface area contributed by atoms with E-state index in [0.29, 0.717) is 0 Å². The standard InChI is InChI=1S/2C11H18/c2*1-2-3-4-10-7-9-5-6-11(10)8-9/h5,10-11H,2-4,6-8H2,1H3;5-6,9-11H,2-4,7-8H2,1H3. The predicted octanol–water partition coefficient (Wildman–Crippen LogP) is 6.92. The fourth-order valence-corrected chi connectivity index (χ4v) is 5.35. The summed E-state index contributed by atoms with van der Waals surface area (Å²) in [5.74, 6) is 5.16. The van der Waals surface area contributed by atoms with Gasteiger partial charge in [0.1, 0.15) is 0 Å². The van der Waals surface area contributed by atoms with Crippen molar-refractivity contribution >= 4 is 0 Å². The van der Waals surface area contributed by atoms with Crippen LogP contribution in [0.1, 0.15) is 84.5 Å². The Morgan fingerprint density at radius 1 is 0.909 bits per heavy atom. The van der Waals surface area contributed by atoms with E-state index in [2.05, 4.69) is 32.1 Å². The second kappa shape index (κ2) is 7.84. The van der Waals surface area contributed by atoms with Gasteiger partial charge in [0.25, 0.3) is 0 Å². The van der Waals surface area contributed by atoms with Crippen molar-refractivity contribution in [2.75, 3.05) is 0 Å². The predicted molar refractivity (Wildman–Crippen MR) is 96.8 cm³/mol. The summed E-state index contributed by atoms with van der Waals surface area (Å²) in [5, 5.41) is 0. The Labute approximate surface area is 138 Å². The van der Waals surface area contributed by atoms with Gasteiger partial charge in [-0.15, -0.1) is 0 Å². The van der Waals surface area contributed by atoms with Crippen molar-refractivity contribution < 1.29 is 0 Å². The van der Waals surface area contributed by atoms with Crippen molar-refractivity contribution in [2.24, 2.45) is 29.6 Å². The average Bonchev–Trinajstić information content (AvgIpc) is 3.31. The van der Waals surface area contributed by atoms with E-state index in [-0.39, 0.29) is 0 Å². The molecule has 0 heterocycles. The van der Waals surface area contributed by atoms with Crippen LogP contribution in [-0.4, -0.2) is 0 Å². The number of rotatable bonds is 6. The fourth-order valence-electron chi connectivity index (χ4n) is 5.35. The lowest BCUT2D eigenvalue weighted by atomic mass is 9.88. The van der Waals surface area contributed by atoms with Crippen LogP contribution < -0.4 is 0 Å². The maximum atomic E-state index is 2.48. The van der Waals surface area contributed by atoms with E-state index in [4.69, 9.17) is 0 Å².